The molecule has 1 aromatic carbocycles. The molecule has 2 rings (SSSR count). The van der Waals surface area contributed by atoms with Crippen molar-refractivity contribution in [1.82, 2.24) is 14.7 Å². The molecule has 6 nitrogen and oxygen atoms in total. The van der Waals surface area contributed by atoms with Gasteiger partial charge in [-0.25, -0.2) is 4.79 Å². The molecule has 0 aliphatic carbocycles. The minimum atomic E-state index is -1.00. The Morgan fingerprint density at radius 3 is 2.30 bits per heavy atom. The number of carboxylic acids is 1. The van der Waals surface area contributed by atoms with E-state index in [1.807, 2.05) is 31.6 Å². The summed E-state index contributed by atoms with van der Waals surface area (Å²) in [6.45, 7) is 7.16. The monoisotopic (exact) mass is 315 g/mol. The van der Waals surface area contributed by atoms with Crippen LogP contribution in [0.5, 0.6) is 0 Å². The molecule has 0 unspecified atom stereocenters. The minimum Gasteiger partial charge on any atom is -0.478 e. The SMILES string of the molecule is CCn1cc(CN(C(=O)c2ccc(C(=O)O)cc2)C(C)C)cn1. The molecule has 1 aromatic heterocycles. The van der Waals surface area contributed by atoms with Gasteiger partial charge in [0, 0.05) is 36.5 Å². The van der Waals surface area contributed by atoms with Crippen molar-refractivity contribution in [1.29, 1.82) is 0 Å². The molecule has 1 N–H and O–H groups in total. The molecule has 6 heteroatoms. The number of carboxylic acid groups (broad SMARTS) is 1. The Balaban J connectivity index is 2.19. The fourth-order valence-electron chi connectivity index (χ4n) is 2.27. The van der Waals surface area contributed by atoms with Crippen molar-refractivity contribution in [2.75, 3.05) is 0 Å². The van der Waals surface area contributed by atoms with Gasteiger partial charge in [0.1, 0.15) is 0 Å². The maximum absolute atomic E-state index is 12.7. The smallest absolute Gasteiger partial charge is 0.335 e. The maximum atomic E-state index is 12.7. The first-order valence-corrected chi connectivity index (χ1v) is 7.58. The lowest BCUT2D eigenvalue weighted by atomic mass is 10.1. The molecule has 0 aliphatic heterocycles. The van der Waals surface area contributed by atoms with Crippen LogP contribution in [0.4, 0.5) is 0 Å². The molecular formula is C17H21N3O3. The second-order valence-corrected chi connectivity index (χ2v) is 5.61. The van der Waals surface area contributed by atoms with Crippen LogP contribution in [0.2, 0.25) is 0 Å². The average Bonchev–Trinajstić information content (AvgIpc) is 2.99. The molecule has 122 valence electrons. The summed E-state index contributed by atoms with van der Waals surface area (Å²) in [5, 5.41) is 13.2. The third-order valence-electron chi connectivity index (χ3n) is 3.63. The highest BCUT2D eigenvalue weighted by molar-refractivity contribution is 5.96. The fourth-order valence-corrected chi connectivity index (χ4v) is 2.27. The topological polar surface area (TPSA) is 75.4 Å². The number of aromatic carboxylic acids is 1. The van der Waals surface area contributed by atoms with E-state index in [0.717, 1.165) is 12.1 Å². The number of hydrogen-bond donors (Lipinski definition) is 1. The molecule has 1 heterocycles. The molecule has 1 amide bonds. The highest BCUT2D eigenvalue weighted by atomic mass is 16.4. The molecule has 0 atom stereocenters. The van der Waals surface area contributed by atoms with Gasteiger partial charge in [-0.05, 0) is 45.0 Å². The largest absolute Gasteiger partial charge is 0.478 e. The summed E-state index contributed by atoms with van der Waals surface area (Å²) in [5.74, 6) is -1.13. The van der Waals surface area contributed by atoms with Gasteiger partial charge < -0.3 is 10.0 Å². The molecule has 0 bridgehead atoms. The number of hydrogen-bond acceptors (Lipinski definition) is 3. The second kappa shape index (κ2) is 7.09. The Labute approximate surface area is 135 Å². The summed E-state index contributed by atoms with van der Waals surface area (Å²) >= 11 is 0. The van der Waals surface area contributed by atoms with Gasteiger partial charge in [0.15, 0.2) is 0 Å². The standard InChI is InChI=1S/C17H21N3O3/c1-4-19-10-13(9-18-19)11-20(12(2)3)16(21)14-5-7-15(8-6-14)17(22)23/h5-10,12H,4,11H2,1-3H3,(H,22,23). The number of aryl methyl sites for hydroxylation is 1. The normalized spacial score (nSPS) is 10.8. The van der Waals surface area contributed by atoms with Crippen LogP contribution in [-0.2, 0) is 13.1 Å². The Hall–Kier alpha value is -2.63. The van der Waals surface area contributed by atoms with E-state index in [-0.39, 0.29) is 17.5 Å². The zero-order chi connectivity index (χ0) is 17.0. The van der Waals surface area contributed by atoms with Crippen LogP contribution in [-0.4, -0.2) is 37.7 Å². The number of nitrogens with zero attached hydrogens (tertiary/aromatic N) is 3. The second-order valence-electron chi connectivity index (χ2n) is 5.61. The quantitative estimate of drug-likeness (QED) is 0.889. The molecule has 2 aromatic rings. The third-order valence-corrected chi connectivity index (χ3v) is 3.63. The first-order chi connectivity index (χ1) is 10.9. The Morgan fingerprint density at radius 1 is 1.22 bits per heavy atom. The average molecular weight is 315 g/mol. The van der Waals surface area contributed by atoms with Crippen molar-refractivity contribution in [3.05, 3.63) is 53.3 Å². The van der Waals surface area contributed by atoms with Crippen LogP contribution in [0, 0.1) is 0 Å². The van der Waals surface area contributed by atoms with Crippen LogP contribution >= 0.6 is 0 Å². The number of benzene rings is 1. The fraction of sp³-hybridized carbons (Fsp3) is 0.353. The maximum Gasteiger partial charge on any atom is 0.335 e. The van der Waals surface area contributed by atoms with Crippen molar-refractivity contribution < 1.29 is 14.7 Å². The predicted molar refractivity (Wildman–Crippen MR) is 86.3 cm³/mol. The van der Waals surface area contributed by atoms with E-state index in [2.05, 4.69) is 5.10 Å². The van der Waals surface area contributed by atoms with Gasteiger partial charge >= 0.3 is 5.97 Å². The molecule has 23 heavy (non-hydrogen) atoms. The number of carbonyl (C=O) groups excluding carboxylic acids is 1. The number of amides is 1. The zero-order valence-electron chi connectivity index (χ0n) is 13.6. The highest BCUT2D eigenvalue weighted by Gasteiger charge is 2.20. The van der Waals surface area contributed by atoms with E-state index in [1.54, 1.807) is 23.2 Å². The van der Waals surface area contributed by atoms with Gasteiger partial charge in [0.05, 0.1) is 11.8 Å². The van der Waals surface area contributed by atoms with Crippen LogP contribution in [0.15, 0.2) is 36.7 Å². The van der Waals surface area contributed by atoms with Gasteiger partial charge in [0.25, 0.3) is 5.91 Å². The van der Waals surface area contributed by atoms with E-state index >= 15 is 0 Å². The first kappa shape index (κ1) is 16.7. The van der Waals surface area contributed by atoms with Gasteiger partial charge in [-0.2, -0.15) is 5.10 Å². The lowest BCUT2D eigenvalue weighted by Crippen LogP contribution is -2.36. The molecule has 0 spiro atoms. The molecule has 0 saturated carbocycles. The number of aromatic nitrogens is 2. The molecule has 0 saturated heterocycles. The summed E-state index contributed by atoms with van der Waals surface area (Å²) in [4.78, 5) is 25.3. The van der Waals surface area contributed by atoms with E-state index in [9.17, 15) is 9.59 Å². The van der Waals surface area contributed by atoms with E-state index in [4.69, 9.17) is 5.11 Å². The molecule has 0 fully saturated rings. The Kier molecular flexibility index (Phi) is 5.16. The Bertz CT molecular complexity index is 689. The molecular weight excluding hydrogens is 294 g/mol. The van der Waals surface area contributed by atoms with Crippen molar-refractivity contribution in [3.8, 4) is 0 Å². The Morgan fingerprint density at radius 2 is 1.83 bits per heavy atom. The van der Waals surface area contributed by atoms with Crippen molar-refractivity contribution in [2.45, 2.75) is 39.9 Å². The van der Waals surface area contributed by atoms with E-state index in [1.165, 1.54) is 12.1 Å². The van der Waals surface area contributed by atoms with Gasteiger partial charge in [0.2, 0.25) is 0 Å². The van der Waals surface area contributed by atoms with Crippen LogP contribution in [0.25, 0.3) is 0 Å². The third kappa shape index (κ3) is 3.97. The minimum absolute atomic E-state index is 0.0200. The van der Waals surface area contributed by atoms with Crippen LogP contribution in [0.1, 0.15) is 47.1 Å². The molecule has 0 aliphatic rings. The van der Waals surface area contributed by atoms with E-state index in [0.29, 0.717) is 12.1 Å². The molecule has 0 radical (unpaired) electrons. The van der Waals surface area contributed by atoms with Gasteiger partial charge in [-0.3, -0.25) is 9.48 Å². The summed E-state index contributed by atoms with van der Waals surface area (Å²) < 4.78 is 1.82. The van der Waals surface area contributed by atoms with E-state index < -0.39 is 5.97 Å². The zero-order valence-corrected chi connectivity index (χ0v) is 13.6. The summed E-state index contributed by atoms with van der Waals surface area (Å²) in [6, 6.07) is 6.02. The lowest BCUT2D eigenvalue weighted by Gasteiger charge is -2.26. The number of carbonyl (C=O) groups is 2. The predicted octanol–water partition coefficient (Wildman–Crippen LogP) is 2.65. The van der Waals surface area contributed by atoms with Crippen LogP contribution < -0.4 is 0 Å². The van der Waals surface area contributed by atoms with Crippen molar-refractivity contribution in [3.63, 3.8) is 0 Å². The highest BCUT2D eigenvalue weighted by Crippen LogP contribution is 2.14. The lowest BCUT2D eigenvalue weighted by molar-refractivity contribution is 0.0679. The van der Waals surface area contributed by atoms with Crippen LogP contribution in [0.3, 0.4) is 0 Å². The van der Waals surface area contributed by atoms with Gasteiger partial charge in [-0.15, -0.1) is 0 Å². The summed E-state index contributed by atoms with van der Waals surface area (Å²) in [5.41, 5.74) is 1.62. The number of rotatable bonds is 6. The van der Waals surface area contributed by atoms with Gasteiger partial charge in [-0.1, -0.05) is 0 Å². The summed E-state index contributed by atoms with van der Waals surface area (Å²) in [7, 11) is 0. The first-order valence-electron chi connectivity index (χ1n) is 7.58. The van der Waals surface area contributed by atoms with Crippen molar-refractivity contribution in [2.24, 2.45) is 0 Å². The van der Waals surface area contributed by atoms with Crippen molar-refractivity contribution >= 4 is 11.9 Å². The summed E-state index contributed by atoms with van der Waals surface area (Å²) in [6.07, 6.45) is 3.69.